The molecule has 0 unspecified atom stereocenters. The Morgan fingerprint density at radius 1 is 0.960 bits per heavy atom. The first-order valence-electron chi connectivity index (χ1n) is 9.47. The van der Waals surface area contributed by atoms with Crippen molar-refractivity contribution in [1.82, 2.24) is 9.63 Å². The summed E-state index contributed by atoms with van der Waals surface area (Å²) >= 11 is 0. The van der Waals surface area contributed by atoms with E-state index in [2.05, 4.69) is 70.3 Å². The van der Waals surface area contributed by atoms with Crippen LogP contribution in [0, 0.1) is 5.92 Å². The van der Waals surface area contributed by atoms with E-state index in [1.807, 2.05) is 0 Å². The molecule has 3 heterocycles. The lowest BCUT2D eigenvalue weighted by molar-refractivity contribution is -0.176. The molecule has 3 heteroatoms. The van der Waals surface area contributed by atoms with E-state index in [9.17, 15) is 0 Å². The van der Waals surface area contributed by atoms with Gasteiger partial charge in [0.2, 0.25) is 0 Å². The average Bonchev–Trinajstić information content (AvgIpc) is 3.29. The summed E-state index contributed by atoms with van der Waals surface area (Å²) in [4.78, 5) is 6.48. The molecule has 2 aliphatic heterocycles. The van der Waals surface area contributed by atoms with Crippen LogP contribution in [0.2, 0.25) is 0 Å². The van der Waals surface area contributed by atoms with Crippen LogP contribution in [0.3, 0.4) is 0 Å². The van der Waals surface area contributed by atoms with Crippen molar-refractivity contribution < 1.29 is 4.84 Å². The van der Waals surface area contributed by atoms with Crippen LogP contribution in [0.25, 0.3) is 10.9 Å². The molecular weight excluding hydrogens is 308 g/mol. The first-order chi connectivity index (χ1) is 12.4. The van der Waals surface area contributed by atoms with E-state index in [-0.39, 0.29) is 0 Å². The van der Waals surface area contributed by atoms with Gasteiger partial charge in [-0.05, 0) is 42.3 Å². The maximum absolute atomic E-state index is 6.48. The molecule has 6 rings (SSSR count). The van der Waals surface area contributed by atoms with Crippen LogP contribution in [0.1, 0.15) is 42.6 Å². The Labute approximate surface area is 147 Å². The van der Waals surface area contributed by atoms with Gasteiger partial charge in [-0.2, -0.15) is 5.06 Å². The Hall–Kier alpha value is -2.10. The largest absolute Gasteiger partial charge is 0.339 e. The monoisotopic (exact) mass is 330 g/mol. The first kappa shape index (κ1) is 14.1. The number of para-hydroxylation sites is 1. The van der Waals surface area contributed by atoms with E-state index in [4.69, 9.17) is 4.84 Å². The van der Waals surface area contributed by atoms with Gasteiger partial charge in [0, 0.05) is 29.7 Å². The van der Waals surface area contributed by atoms with E-state index in [0.717, 1.165) is 6.54 Å². The third-order valence-corrected chi connectivity index (χ3v) is 6.40. The fourth-order valence-corrected chi connectivity index (χ4v) is 5.47. The molecule has 0 bridgehead atoms. The summed E-state index contributed by atoms with van der Waals surface area (Å²) in [7, 11) is 0. The van der Waals surface area contributed by atoms with Crippen molar-refractivity contribution in [2.24, 2.45) is 5.92 Å². The second kappa shape index (κ2) is 5.20. The number of hydrogen-bond donors (Lipinski definition) is 0. The zero-order valence-electron chi connectivity index (χ0n) is 14.2. The van der Waals surface area contributed by atoms with E-state index in [1.54, 1.807) is 0 Å². The van der Waals surface area contributed by atoms with Crippen molar-refractivity contribution in [1.29, 1.82) is 0 Å². The molecule has 4 atom stereocenters. The summed E-state index contributed by atoms with van der Waals surface area (Å²) < 4.78 is 2.64. The van der Waals surface area contributed by atoms with E-state index < -0.39 is 0 Å². The third kappa shape index (κ3) is 1.94. The average molecular weight is 330 g/mol. The van der Waals surface area contributed by atoms with E-state index in [1.165, 1.54) is 41.4 Å². The Kier molecular flexibility index (Phi) is 2.93. The van der Waals surface area contributed by atoms with Crippen LogP contribution in [-0.4, -0.2) is 15.7 Å². The van der Waals surface area contributed by atoms with Gasteiger partial charge in [-0.1, -0.05) is 48.5 Å². The van der Waals surface area contributed by atoms with Crippen molar-refractivity contribution in [3.8, 4) is 0 Å². The molecule has 2 aromatic carbocycles. The van der Waals surface area contributed by atoms with Gasteiger partial charge in [-0.3, -0.25) is 4.84 Å². The summed E-state index contributed by atoms with van der Waals surface area (Å²) in [5, 5.41) is 3.64. The molecule has 1 aliphatic carbocycles. The van der Waals surface area contributed by atoms with Gasteiger partial charge in [0.25, 0.3) is 0 Å². The number of nitrogens with zero attached hydrogens (tertiary/aromatic N) is 2. The Morgan fingerprint density at radius 2 is 1.80 bits per heavy atom. The van der Waals surface area contributed by atoms with Gasteiger partial charge in [0.05, 0.1) is 12.1 Å². The fourth-order valence-electron chi connectivity index (χ4n) is 5.47. The minimum Gasteiger partial charge on any atom is -0.339 e. The van der Waals surface area contributed by atoms with Crippen molar-refractivity contribution in [2.75, 3.05) is 0 Å². The maximum atomic E-state index is 6.48. The minimum atomic E-state index is 0.381. The normalized spacial score (nSPS) is 30.6. The lowest BCUT2D eigenvalue weighted by atomic mass is 9.80. The van der Waals surface area contributed by atoms with Crippen LogP contribution in [0.5, 0.6) is 0 Å². The van der Waals surface area contributed by atoms with Crippen molar-refractivity contribution >= 4 is 10.9 Å². The molecule has 1 saturated heterocycles. The molecule has 25 heavy (non-hydrogen) atoms. The highest BCUT2D eigenvalue weighted by Gasteiger charge is 2.55. The quantitative estimate of drug-likeness (QED) is 0.668. The zero-order chi connectivity index (χ0) is 16.4. The van der Waals surface area contributed by atoms with Gasteiger partial charge in [-0.25, -0.2) is 0 Å². The highest BCUT2D eigenvalue weighted by atomic mass is 16.7. The number of hydrogen-bond acceptors (Lipinski definition) is 2. The molecule has 1 saturated carbocycles. The summed E-state index contributed by atoms with van der Waals surface area (Å²) in [5.74, 6) is 0.608. The number of rotatable bonds is 2. The molecule has 126 valence electrons. The summed E-state index contributed by atoms with van der Waals surface area (Å²) in [5.41, 5.74) is 4.18. The fraction of sp³-hybridized carbons (Fsp3) is 0.364. The molecule has 2 fully saturated rings. The van der Waals surface area contributed by atoms with Crippen LogP contribution in [0.15, 0.2) is 60.7 Å². The Bertz CT molecular complexity index is 932. The molecule has 3 aromatic rings. The van der Waals surface area contributed by atoms with E-state index in [0.29, 0.717) is 24.1 Å². The first-order valence-corrected chi connectivity index (χ1v) is 9.47. The van der Waals surface area contributed by atoms with Gasteiger partial charge < -0.3 is 4.57 Å². The Balaban J connectivity index is 1.47. The minimum absolute atomic E-state index is 0.381. The summed E-state index contributed by atoms with van der Waals surface area (Å²) in [6, 6.07) is 23.0. The number of fused-ring (bicyclic) bond motifs is 5. The van der Waals surface area contributed by atoms with E-state index >= 15 is 0 Å². The van der Waals surface area contributed by atoms with Crippen LogP contribution >= 0.6 is 0 Å². The zero-order valence-corrected chi connectivity index (χ0v) is 14.2. The van der Waals surface area contributed by atoms with Gasteiger partial charge in [0.1, 0.15) is 0 Å². The van der Waals surface area contributed by atoms with Gasteiger partial charge >= 0.3 is 0 Å². The topological polar surface area (TPSA) is 17.4 Å². The van der Waals surface area contributed by atoms with Gasteiger partial charge in [0.15, 0.2) is 0 Å². The molecule has 3 nitrogen and oxygen atoms in total. The lowest BCUT2D eigenvalue weighted by Gasteiger charge is -2.30. The second-order valence-corrected chi connectivity index (χ2v) is 7.72. The van der Waals surface area contributed by atoms with Gasteiger partial charge in [-0.15, -0.1) is 0 Å². The highest BCUT2D eigenvalue weighted by Crippen LogP contribution is 2.57. The molecule has 0 amide bonds. The van der Waals surface area contributed by atoms with Crippen LogP contribution in [0.4, 0.5) is 0 Å². The van der Waals surface area contributed by atoms with Crippen molar-refractivity contribution in [3.63, 3.8) is 0 Å². The Morgan fingerprint density at radius 3 is 2.72 bits per heavy atom. The highest BCUT2D eigenvalue weighted by molar-refractivity contribution is 5.82. The molecule has 0 radical (unpaired) electrons. The summed E-state index contributed by atoms with van der Waals surface area (Å²) in [6.07, 6.45) is 4.13. The number of aromatic nitrogens is 1. The predicted octanol–water partition coefficient (Wildman–Crippen LogP) is 4.85. The van der Waals surface area contributed by atoms with Crippen LogP contribution in [-0.2, 0) is 11.4 Å². The van der Waals surface area contributed by atoms with Crippen molar-refractivity contribution in [3.05, 3.63) is 71.9 Å². The molecule has 0 spiro atoms. The molecule has 1 aromatic heterocycles. The molecular formula is C22H22N2O. The lowest BCUT2D eigenvalue weighted by Crippen LogP contribution is -2.28. The molecule has 3 aliphatic rings. The molecule has 0 N–H and O–H groups in total. The standard InChI is InChI=1S/C22H22N2O/c1-2-7-15(8-3-1)14-23-22-19-13-16-9-4-5-10-17(16)24(19)18-11-6-12-20(25-23)21(18)22/h1-5,7-10,13,18,20-22H,6,11-12,14H2/t18-,20+,21-,22-/m1/s1. The predicted molar refractivity (Wildman–Crippen MR) is 97.9 cm³/mol. The second-order valence-electron chi connectivity index (χ2n) is 7.72. The smallest absolute Gasteiger partial charge is 0.0861 e. The number of benzene rings is 2. The third-order valence-electron chi connectivity index (χ3n) is 6.40. The van der Waals surface area contributed by atoms with Crippen molar-refractivity contribution in [2.45, 2.75) is 44.0 Å². The van der Waals surface area contributed by atoms with Crippen LogP contribution < -0.4 is 0 Å². The maximum Gasteiger partial charge on any atom is 0.0861 e. The number of hydroxylamine groups is 2. The SMILES string of the molecule is c1ccc(CN2O[C@H]3CCC[C@@H]4[C@H]3[C@H]2c2cc3ccccc3n24)cc1. The summed E-state index contributed by atoms with van der Waals surface area (Å²) in [6.45, 7) is 0.868.